The molecule has 1 aliphatic rings. The molecule has 0 saturated carbocycles. The Labute approximate surface area is 97.2 Å². The topological polar surface area (TPSA) is 62.2 Å². The Kier molecular flexibility index (Phi) is 2.96. The van der Waals surface area contributed by atoms with Crippen molar-refractivity contribution >= 4 is 28.9 Å². The van der Waals surface area contributed by atoms with Crippen LogP contribution in [0.4, 0.5) is 4.79 Å². The highest BCUT2D eigenvalue weighted by Crippen LogP contribution is 2.26. The molecule has 0 atom stereocenters. The van der Waals surface area contributed by atoms with Crippen molar-refractivity contribution in [3.8, 4) is 5.75 Å². The molecular formula is C11H10N2O2S. The van der Waals surface area contributed by atoms with Gasteiger partial charge >= 0.3 is 0 Å². The molecule has 0 unspecified atom stereocenters. The van der Waals surface area contributed by atoms with Crippen molar-refractivity contribution in [3.63, 3.8) is 0 Å². The van der Waals surface area contributed by atoms with E-state index in [2.05, 4.69) is 5.32 Å². The Morgan fingerprint density at radius 2 is 2.06 bits per heavy atom. The van der Waals surface area contributed by atoms with Crippen LogP contribution in [-0.4, -0.2) is 18.2 Å². The van der Waals surface area contributed by atoms with Crippen LogP contribution in [0, 0.1) is 5.41 Å². The van der Waals surface area contributed by atoms with E-state index in [1.807, 2.05) is 24.3 Å². The van der Waals surface area contributed by atoms with Crippen LogP contribution in [0.3, 0.4) is 0 Å². The third-order valence-corrected chi connectivity index (χ3v) is 2.92. The number of nitrogens with one attached hydrogen (secondary N) is 2. The molecule has 0 aliphatic carbocycles. The summed E-state index contributed by atoms with van der Waals surface area (Å²) >= 11 is 1.03. The van der Waals surface area contributed by atoms with Gasteiger partial charge in [0.2, 0.25) is 0 Å². The van der Waals surface area contributed by atoms with E-state index in [-0.39, 0.29) is 11.1 Å². The van der Waals surface area contributed by atoms with E-state index < -0.39 is 0 Å². The van der Waals surface area contributed by atoms with Gasteiger partial charge < -0.3 is 10.1 Å². The lowest BCUT2D eigenvalue weighted by Gasteiger charge is -2.00. The lowest BCUT2D eigenvalue weighted by Crippen LogP contribution is -2.17. The summed E-state index contributed by atoms with van der Waals surface area (Å²) in [5, 5.41) is 9.74. The molecule has 1 aromatic rings. The molecule has 0 radical (unpaired) electrons. The van der Waals surface area contributed by atoms with Crippen molar-refractivity contribution < 1.29 is 9.53 Å². The molecule has 0 bridgehead atoms. The first-order chi connectivity index (χ1) is 7.69. The number of hydrogen-bond acceptors (Lipinski definition) is 4. The van der Waals surface area contributed by atoms with Gasteiger partial charge in [-0.05, 0) is 35.5 Å². The highest BCUT2D eigenvalue weighted by molar-refractivity contribution is 8.18. The second-order valence-corrected chi connectivity index (χ2v) is 4.19. The van der Waals surface area contributed by atoms with E-state index in [0.29, 0.717) is 4.91 Å². The van der Waals surface area contributed by atoms with Gasteiger partial charge in [0, 0.05) is 0 Å². The number of ether oxygens (including phenoxy) is 1. The Morgan fingerprint density at radius 3 is 2.56 bits per heavy atom. The Bertz CT molecular complexity index is 465. The fourth-order valence-corrected chi connectivity index (χ4v) is 1.99. The lowest BCUT2D eigenvalue weighted by atomic mass is 10.2. The maximum Gasteiger partial charge on any atom is 0.289 e. The fourth-order valence-electron chi connectivity index (χ4n) is 1.29. The van der Waals surface area contributed by atoms with Crippen molar-refractivity contribution in [1.29, 1.82) is 5.41 Å². The van der Waals surface area contributed by atoms with Crippen LogP contribution in [0.1, 0.15) is 5.56 Å². The molecule has 1 aromatic carbocycles. The first kappa shape index (κ1) is 10.8. The summed E-state index contributed by atoms with van der Waals surface area (Å²) in [7, 11) is 1.61. The average Bonchev–Trinajstić information content (AvgIpc) is 2.59. The number of thioether (sulfide) groups is 1. The quantitative estimate of drug-likeness (QED) is 0.826. The first-order valence-corrected chi connectivity index (χ1v) is 5.44. The van der Waals surface area contributed by atoms with Crippen LogP contribution in [0.5, 0.6) is 5.75 Å². The summed E-state index contributed by atoms with van der Waals surface area (Å²) < 4.78 is 5.04. The van der Waals surface area contributed by atoms with Gasteiger partial charge in [-0.25, -0.2) is 0 Å². The molecule has 2 N–H and O–H groups in total. The molecule has 16 heavy (non-hydrogen) atoms. The molecule has 1 saturated heterocycles. The smallest absolute Gasteiger partial charge is 0.289 e. The van der Waals surface area contributed by atoms with Gasteiger partial charge in [-0.1, -0.05) is 12.1 Å². The Hall–Kier alpha value is -1.75. The SMILES string of the molecule is COc1ccc(/C=C2\SC(=O)NC2=N)cc1. The maximum absolute atomic E-state index is 11.0. The number of amides is 1. The van der Waals surface area contributed by atoms with Crippen molar-refractivity contribution in [2.75, 3.05) is 7.11 Å². The monoisotopic (exact) mass is 234 g/mol. The van der Waals surface area contributed by atoms with Gasteiger partial charge in [0.1, 0.15) is 11.6 Å². The molecule has 82 valence electrons. The fraction of sp³-hybridized carbons (Fsp3) is 0.0909. The van der Waals surface area contributed by atoms with E-state index in [1.165, 1.54) is 0 Å². The van der Waals surface area contributed by atoms with Gasteiger partial charge in [-0.2, -0.15) is 0 Å². The van der Waals surface area contributed by atoms with Crippen molar-refractivity contribution in [2.45, 2.75) is 0 Å². The molecule has 0 aromatic heterocycles. The van der Waals surface area contributed by atoms with Crippen LogP contribution >= 0.6 is 11.8 Å². The lowest BCUT2D eigenvalue weighted by molar-refractivity contribution is 0.265. The second-order valence-electron chi connectivity index (χ2n) is 3.17. The minimum atomic E-state index is -0.204. The summed E-state index contributed by atoms with van der Waals surface area (Å²) in [6, 6.07) is 7.43. The number of benzene rings is 1. The van der Waals surface area contributed by atoms with Crippen molar-refractivity contribution in [1.82, 2.24) is 5.32 Å². The van der Waals surface area contributed by atoms with Crippen LogP contribution < -0.4 is 10.1 Å². The largest absolute Gasteiger partial charge is 0.497 e. The number of rotatable bonds is 2. The molecule has 0 spiro atoms. The summed E-state index contributed by atoms with van der Waals surface area (Å²) in [6.07, 6.45) is 1.80. The third kappa shape index (κ3) is 2.25. The van der Waals surface area contributed by atoms with Gasteiger partial charge in [0.15, 0.2) is 0 Å². The predicted molar refractivity (Wildman–Crippen MR) is 64.8 cm³/mol. The van der Waals surface area contributed by atoms with E-state index in [4.69, 9.17) is 10.1 Å². The van der Waals surface area contributed by atoms with E-state index in [1.54, 1.807) is 13.2 Å². The predicted octanol–water partition coefficient (Wildman–Crippen LogP) is 2.47. The van der Waals surface area contributed by atoms with Crippen molar-refractivity contribution in [2.24, 2.45) is 0 Å². The number of hydrogen-bond donors (Lipinski definition) is 2. The number of amidine groups is 1. The molecule has 1 aliphatic heterocycles. The normalized spacial score (nSPS) is 17.7. The molecule has 2 rings (SSSR count). The average molecular weight is 234 g/mol. The summed E-state index contributed by atoms with van der Waals surface area (Å²) in [5.74, 6) is 0.941. The summed E-state index contributed by atoms with van der Waals surface area (Å²) in [4.78, 5) is 11.6. The van der Waals surface area contributed by atoms with Gasteiger partial charge in [-0.3, -0.25) is 10.2 Å². The van der Waals surface area contributed by atoms with E-state index in [9.17, 15) is 4.79 Å². The van der Waals surface area contributed by atoms with Crippen LogP contribution in [0.25, 0.3) is 6.08 Å². The maximum atomic E-state index is 11.0. The van der Waals surface area contributed by atoms with Gasteiger partial charge in [0.05, 0.1) is 12.0 Å². The highest BCUT2D eigenvalue weighted by Gasteiger charge is 2.21. The van der Waals surface area contributed by atoms with E-state index in [0.717, 1.165) is 23.1 Å². The third-order valence-electron chi connectivity index (χ3n) is 2.09. The Balaban J connectivity index is 2.22. The summed E-state index contributed by atoms with van der Waals surface area (Å²) in [6.45, 7) is 0. The number of carbonyl (C=O) groups is 1. The molecule has 1 amide bonds. The standard InChI is InChI=1S/C11H10N2O2S/c1-15-8-4-2-7(3-5-8)6-9-10(12)13-11(14)16-9/h2-6H,1H3,(H2,12,13,14)/b9-6-. The zero-order valence-corrected chi connectivity index (χ0v) is 9.43. The van der Waals surface area contributed by atoms with Gasteiger partial charge in [-0.15, -0.1) is 0 Å². The first-order valence-electron chi connectivity index (χ1n) is 4.62. The minimum absolute atomic E-state index is 0.158. The molecule has 5 heteroatoms. The molecule has 1 heterocycles. The zero-order chi connectivity index (χ0) is 11.5. The minimum Gasteiger partial charge on any atom is -0.497 e. The molecule has 1 fully saturated rings. The highest BCUT2D eigenvalue weighted by atomic mass is 32.2. The second kappa shape index (κ2) is 4.40. The zero-order valence-electron chi connectivity index (χ0n) is 8.61. The molecular weight excluding hydrogens is 224 g/mol. The van der Waals surface area contributed by atoms with Crippen LogP contribution in [0.2, 0.25) is 0 Å². The van der Waals surface area contributed by atoms with E-state index >= 15 is 0 Å². The summed E-state index contributed by atoms with van der Waals surface area (Å²) in [5.41, 5.74) is 0.935. The van der Waals surface area contributed by atoms with Crippen LogP contribution in [-0.2, 0) is 0 Å². The molecule has 4 nitrogen and oxygen atoms in total. The van der Waals surface area contributed by atoms with Gasteiger partial charge in [0.25, 0.3) is 5.24 Å². The van der Waals surface area contributed by atoms with Crippen molar-refractivity contribution in [3.05, 3.63) is 34.7 Å². The number of methoxy groups -OCH3 is 1. The Morgan fingerprint density at radius 1 is 1.38 bits per heavy atom. The number of carbonyl (C=O) groups excluding carboxylic acids is 1. The van der Waals surface area contributed by atoms with Crippen LogP contribution in [0.15, 0.2) is 29.2 Å².